The molecule has 33 heavy (non-hydrogen) atoms. The summed E-state index contributed by atoms with van der Waals surface area (Å²) in [5, 5.41) is 0. The zero-order valence-corrected chi connectivity index (χ0v) is 18.6. The minimum atomic E-state index is -1.24. The summed E-state index contributed by atoms with van der Waals surface area (Å²) in [6.07, 6.45) is 1.48. The van der Waals surface area contributed by atoms with E-state index in [1.165, 1.54) is 46.6 Å². The van der Waals surface area contributed by atoms with Crippen molar-refractivity contribution in [2.45, 2.75) is 5.92 Å². The van der Waals surface area contributed by atoms with E-state index in [-0.39, 0.29) is 16.9 Å². The van der Waals surface area contributed by atoms with E-state index in [9.17, 15) is 19.2 Å². The Labute approximate surface area is 188 Å². The maximum absolute atomic E-state index is 12.9. The molecule has 1 aromatic carbocycles. The topological polar surface area (TPSA) is 128 Å². The molecule has 1 aliphatic rings. The third kappa shape index (κ3) is 4.19. The Bertz CT molecular complexity index is 1190. The van der Waals surface area contributed by atoms with Gasteiger partial charge in [0.2, 0.25) is 5.76 Å². The van der Waals surface area contributed by atoms with Crippen molar-refractivity contribution < 1.29 is 42.5 Å². The van der Waals surface area contributed by atoms with Crippen LogP contribution in [0.1, 0.15) is 33.2 Å². The van der Waals surface area contributed by atoms with Crippen LogP contribution in [0, 0.1) is 5.92 Å². The molecule has 1 aliphatic carbocycles. The summed E-state index contributed by atoms with van der Waals surface area (Å²) in [6, 6.07) is 5.82. The predicted molar refractivity (Wildman–Crippen MR) is 113 cm³/mol. The van der Waals surface area contributed by atoms with Gasteiger partial charge in [-0.3, -0.25) is 4.79 Å². The van der Waals surface area contributed by atoms with Gasteiger partial charge in [0.25, 0.3) is 0 Å². The molecular formula is C23H22O10. The molecule has 0 N–H and O–H groups in total. The minimum absolute atomic E-state index is 0.0148. The highest BCUT2D eigenvalue weighted by Crippen LogP contribution is 2.46. The molecule has 1 aromatic heterocycles. The first kappa shape index (κ1) is 23.6. The van der Waals surface area contributed by atoms with Gasteiger partial charge in [0.05, 0.1) is 41.1 Å². The molecule has 0 radical (unpaired) electrons. The van der Waals surface area contributed by atoms with E-state index < -0.39 is 35.4 Å². The third-order valence-corrected chi connectivity index (χ3v) is 5.35. The first-order valence-corrected chi connectivity index (χ1v) is 9.67. The summed E-state index contributed by atoms with van der Waals surface area (Å²) in [7, 11) is 6.38. The Hall–Kier alpha value is -4.08. The minimum Gasteiger partial charge on any atom is -0.493 e. The SMILES string of the molecule is COC(=O)C1=Cc2cc(OC)c(OC)cc2[C@H](c2ccc(C(=O)OC)oc2=O)[C@H]1C(=O)OC. The smallest absolute Gasteiger partial charge is 0.374 e. The van der Waals surface area contributed by atoms with Crippen molar-refractivity contribution in [3.8, 4) is 11.5 Å². The number of ether oxygens (including phenoxy) is 5. The van der Waals surface area contributed by atoms with Crippen molar-refractivity contribution in [2.24, 2.45) is 5.92 Å². The molecule has 0 aliphatic heterocycles. The summed E-state index contributed by atoms with van der Waals surface area (Å²) in [4.78, 5) is 50.2. The van der Waals surface area contributed by atoms with Crippen molar-refractivity contribution in [1.29, 1.82) is 0 Å². The average molecular weight is 458 g/mol. The number of hydrogen-bond donors (Lipinski definition) is 0. The van der Waals surface area contributed by atoms with Crippen molar-refractivity contribution in [3.05, 3.63) is 62.7 Å². The Morgan fingerprint density at radius 3 is 2.00 bits per heavy atom. The molecule has 0 fully saturated rings. The Morgan fingerprint density at radius 2 is 1.45 bits per heavy atom. The molecule has 0 amide bonds. The van der Waals surface area contributed by atoms with Crippen molar-refractivity contribution in [1.82, 2.24) is 0 Å². The Kier molecular flexibility index (Phi) is 6.86. The zero-order chi connectivity index (χ0) is 24.3. The highest BCUT2D eigenvalue weighted by atomic mass is 16.5. The van der Waals surface area contributed by atoms with Gasteiger partial charge in [-0.2, -0.15) is 0 Å². The maximum atomic E-state index is 12.9. The molecular weight excluding hydrogens is 436 g/mol. The Morgan fingerprint density at radius 1 is 0.818 bits per heavy atom. The lowest BCUT2D eigenvalue weighted by molar-refractivity contribution is -0.147. The van der Waals surface area contributed by atoms with Crippen LogP contribution in [-0.4, -0.2) is 53.5 Å². The van der Waals surface area contributed by atoms with Crippen LogP contribution in [0.3, 0.4) is 0 Å². The quantitative estimate of drug-likeness (QED) is 0.468. The summed E-state index contributed by atoms with van der Waals surface area (Å²) in [6.45, 7) is 0. The number of esters is 3. The number of fused-ring (bicyclic) bond motifs is 1. The molecule has 2 aromatic rings. The number of rotatable bonds is 6. The van der Waals surface area contributed by atoms with Gasteiger partial charge in [0.1, 0.15) is 5.92 Å². The van der Waals surface area contributed by atoms with Crippen LogP contribution in [0.2, 0.25) is 0 Å². The van der Waals surface area contributed by atoms with Gasteiger partial charge < -0.3 is 28.1 Å². The lowest BCUT2D eigenvalue weighted by Crippen LogP contribution is -2.35. The fraction of sp³-hybridized carbons (Fsp3) is 0.304. The van der Waals surface area contributed by atoms with Gasteiger partial charge in [-0.1, -0.05) is 0 Å². The molecule has 174 valence electrons. The van der Waals surface area contributed by atoms with Crippen LogP contribution in [0.25, 0.3) is 6.08 Å². The largest absolute Gasteiger partial charge is 0.493 e. The van der Waals surface area contributed by atoms with E-state index in [0.29, 0.717) is 22.6 Å². The van der Waals surface area contributed by atoms with E-state index in [4.69, 9.17) is 23.4 Å². The molecule has 2 atom stereocenters. The second-order valence-electron chi connectivity index (χ2n) is 6.94. The second-order valence-corrected chi connectivity index (χ2v) is 6.94. The van der Waals surface area contributed by atoms with Crippen LogP contribution >= 0.6 is 0 Å². The van der Waals surface area contributed by atoms with E-state index in [2.05, 4.69) is 4.74 Å². The first-order valence-electron chi connectivity index (χ1n) is 9.67. The lowest BCUT2D eigenvalue weighted by atomic mass is 9.71. The van der Waals surface area contributed by atoms with E-state index in [1.807, 2.05) is 0 Å². The number of carbonyl (C=O) groups excluding carboxylic acids is 3. The van der Waals surface area contributed by atoms with Crippen LogP contribution in [0.4, 0.5) is 0 Å². The van der Waals surface area contributed by atoms with E-state index >= 15 is 0 Å². The summed E-state index contributed by atoms with van der Waals surface area (Å²) >= 11 is 0. The van der Waals surface area contributed by atoms with Gasteiger partial charge in [-0.05, 0) is 41.5 Å². The normalized spacial score (nSPS) is 16.7. The van der Waals surface area contributed by atoms with Crippen LogP contribution in [-0.2, 0) is 23.8 Å². The summed E-state index contributed by atoms with van der Waals surface area (Å²) in [5.41, 5.74) is 0.0821. The highest BCUT2D eigenvalue weighted by molar-refractivity contribution is 6.02. The lowest BCUT2D eigenvalue weighted by Gasteiger charge is -2.31. The molecule has 0 saturated heterocycles. The van der Waals surface area contributed by atoms with Gasteiger partial charge >= 0.3 is 23.5 Å². The number of methoxy groups -OCH3 is 5. The molecule has 0 saturated carbocycles. The molecule has 3 rings (SSSR count). The highest BCUT2D eigenvalue weighted by Gasteiger charge is 2.43. The number of benzene rings is 1. The maximum Gasteiger partial charge on any atom is 0.374 e. The Balaban J connectivity index is 2.35. The fourth-order valence-electron chi connectivity index (χ4n) is 3.83. The van der Waals surface area contributed by atoms with Crippen LogP contribution in [0.15, 0.2) is 39.1 Å². The van der Waals surface area contributed by atoms with Crippen LogP contribution < -0.4 is 15.1 Å². The summed E-state index contributed by atoms with van der Waals surface area (Å²) in [5.74, 6) is -4.23. The molecule has 0 bridgehead atoms. The standard InChI is InChI=1S/C23H22O10/c1-28-16-9-11-8-14(20(24)30-3)19(23(27)32-5)18(13(11)10-17(16)29-2)12-6-7-15(22(26)31-4)33-21(12)25/h6-10,18-19H,1-5H3/t18-,19-/m0/s1. The predicted octanol–water partition coefficient (Wildman–Crippen LogP) is 1.93. The zero-order valence-electron chi connectivity index (χ0n) is 18.6. The molecule has 10 nitrogen and oxygen atoms in total. The van der Waals surface area contributed by atoms with E-state index in [0.717, 1.165) is 7.11 Å². The first-order chi connectivity index (χ1) is 15.8. The van der Waals surface area contributed by atoms with Gasteiger partial charge in [0, 0.05) is 11.5 Å². The van der Waals surface area contributed by atoms with Crippen molar-refractivity contribution in [3.63, 3.8) is 0 Å². The van der Waals surface area contributed by atoms with Crippen LogP contribution in [0.5, 0.6) is 11.5 Å². The molecule has 10 heteroatoms. The van der Waals surface area contributed by atoms with E-state index in [1.54, 1.807) is 12.1 Å². The average Bonchev–Trinajstić information content (AvgIpc) is 2.85. The summed E-state index contributed by atoms with van der Waals surface area (Å²) < 4.78 is 30.3. The molecule has 0 spiro atoms. The molecule has 0 unspecified atom stereocenters. The van der Waals surface area contributed by atoms with Gasteiger partial charge in [0.15, 0.2) is 11.5 Å². The third-order valence-electron chi connectivity index (χ3n) is 5.35. The second kappa shape index (κ2) is 9.60. The van der Waals surface area contributed by atoms with Crippen molar-refractivity contribution >= 4 is 24.0 Å². The number of hydrogen-bond acceptors (Lipinski definition) is 10. The fourth-order valence-corrected chi connectivity index (χ4v) is 3.83. The monoisotopic (exact) mass is 458 g/mol. The molecule has 1 heterocycles. The van der Waals surface area contributed by atoms with Gasteiger partial charge in [-0.15, -0.1) is 0 Å². The van der Waals surface area contributed by atoms with Gasteiger partial charge in [-0.25, -0.2) is 14.4 Å². The number of carbonyl (C=O) groups is 3. The van der Waals surface area contributed by atoms with Crippen molar-refractivity contribution in [2.75, 3.05) is 35.5 Å².